The molecule has 1 aliphatic rings. The fourth-order valence-corrected chi connectivity index (χ4v) is 3.63. The molecular formula is C25H29N5. The Bertz CT molecular complexity index is 962. The first kappa shape index (κ1) is 20.1. The zero-order valence-electron chi connectivity index (χ0n) is 17.5. The van der Waals surface area contributed by atoms with Crippen molar-refractivity contribution in [3.05, 3.63) is 89.6 Å². The average Bonchev–Trinajstić information content (AvgIpc) is 2.80. The van der Waals surface area contributed by atoms with Crippen LogP contribution in [0.4, 0.5) is 11.8 Å². The number of hydrogen-bond acceptors (Lipinski definition) is 5. The molecule has 1 N–H and O–H groups in total. The van der Waals surface area contributed by atoms with Crippen LogP contribution in [0.15, 0.2) is 72.9 Å². The summed E-state index contributed by atoms with van der Waals surface area (Å²) in [4.78, 5) is 14.0. The Morgan fingerprint density at radius 3 is 2.50 bits per heavy atom. The van der Waals surface area contributed by atoms with Crippen molar-refractivity contribution in [3.8, 4) is 0 Å². The number of benzene rings is 2. The van der Waals surface area contributed by atoms with E-state index < -0.39 is 0 Å². The van der Waals surface area contributed by atoms with E-state index in [9.17, 15) is 0 Å². The Morgan fingerprint density at radius 1 is 0.933 bits per heavy atom. The highest BCUT2D eigenvalue weighted by Crippen LogP contribution is 2.15. The first-order valence-corrected chi connectivity index (χ1v) is 10.6. The number of anilines is 2. The maximum atomic E-state index is 4.74. The monoisotopic (exact) mass is 399 g/mol. The summed E-state index contributed by atoms with van der Waals surface area (Å²) in [6.45, 7) is 7.80. The first-order chi connectivity index (χ1) is 14.8. The molecule has 0 aliphatic carbocycles. The molecule has 0 amide bonds. The summed E-state index contributed by atoms with van der Waals surface area (Å²) in [5.74, 6) is 1.68. The predicted molar refractivity (Wildman–Crippen MR) is 125 cm³/mol. The van der Waals surface area contributed by atoms with E-state index in [0.29, 0.717) is 0 Å². The van der Waals surface area contributed by atoms with E-state index in [4.69, 9.17) is 4.98 Å². The molecule has 2 aromatic carbocycles. The van der Waals surface area contributed by atoms with Crippen molar-refractivity contribution in [2.75, 3.05) is 42.9 Å². The zero-order chi connectivity index (χ0) is 20.6. The van der Waals surface area contributed by atoms with Gasteiger partial charge in [-0.2, -0.15) is 4.98 Å². The first-order valence-electron chi connectivity index (χ1n) is 10.6. The lowest BCUT2D eigenvalue weighted by Gasteiger charge is -2.34. The van der Waals surface area contributed by atoms with Crippen LogP contribution in [-0.2, 0) is 6.54 Å². The summed E-state index contributed by atoms with van der Waals surface area (Å²) in [5, 5.41) is 3.44. The van der Waals surface area contributed by atoms with Crippen LogP contribution in [0.5, 0.6) is 0 Å². The predicted octanol–water partition coefficient (Wildman–Crippen LogP) is 4.23. The fourth-order valence-electron chi connectivity index (χ4n) is 3.63. The van der Waals surface area contributed by atoms with Gasteiger partial charge in [0.15, 0.2) is 0 Å². The Labute approximate surface area is 179 Å². The molecule has 0 unspecified atom stereocenters. The molecule has 1 saturated heterocycles. The molecule has 3 aromatic rings. The fraction of sp³-hybridized carbons (Fsp3) is 0.280. The summed E-state index contributed by atoms with van der Waals surface area (Å²) < 4.78 is 0. The van der Waals surface area contributed by atoms with E-state index in [-0.39, 0.29) is 0 Å². The lowest BCUT2D eigenvalue weighted by Crippen LogP contribution is -2.47. The Hall–Kier alpha value is -3.18. The molecular weight excluding hydrogens is 370 g/mol. The van der Waals surface area contributed by atoms with Gasteiger partial charge in [0, 0.05) is 45.5 Å². The topological polar surface area (TPSA) is 44.3 Å². The summed E-state index contributed by atoms with van der Waals surface area (Å²) in [7, 11) is 0. The highest BCUT2D eigenvalue weighted by molar-refractivity contribution is 5.49. The summed E-state index contributed by atoms with van der Waals surface area (Å²) in [6.07, 6.45) is 6.29. The minimum Gasteiger partial charge on any atom is -0.366 e. The van der Waals surface area contributed by atoms with Gasteiger partial charge >= 0.3 is 0 Å². The summed E-state index contributed by atoms with van der Waals surface area (Å²) in [5.41, 5.74) is 3.83. The highest BCUT2D eigenvalue weighted by Gasteiger charge is 2.18. The van der Waals surface area contributed by atoms with Crippen LogP contribution in [0.3, 0.4) is 0 Å². The van der Waals surface area contributed by atoms with Crippen molar-refractivity contribution in [2.45, 2.75) is 13.5 Å². The van der Waals surface area contributed by atoms with Gasteiger partial charge in [0.2, 0.25) is 5.95 Å². The van der Waals surface area contributed by atoms with Crippen LogP contribution >= 0.6 is 0 Å². The third kappa shape index (κ3) is 5.45. The van der Waals surface area contributed by atoms with Crippen LogP contribution in [0.2, 0.25) is 0 Å². The minimum atomic E-state index is 0.769. The number of piperazine rings is 1. The van der Waals surface area contributed by atoms with Gasteiger partial charge in [-0.15, -0.1) is 0 Å². The molecule has 4 rings (SSSR count). The molecule has 0 bridgehead atoms. The lowest BCUT2D eigenvalue weighted by atomic mass is 10.1. The van der Waals surface area contributed by atoms with Crippen LogP contribution in [0, 0.1) is 6.92 Å². The third-order valence-electron chi connectivity index (χ3n) is 5.49. The van der Waals surface area contributed by atoms with E-state index in [1.807, 2.05) is 18.3 Å². The van der Waals surface area contributed by atoms with Gasteiger partial charge in [0.25, 0.3) is 0 Å². The van der Waals surface area contributed by atoms with Crippen molar-refractivity contribution in [2.24, 2.45) is 0 Å². The smallest absolute Gasteiger partial charge is 0.227 e. The summed E-state index contributed by atoms with van der Waals surface area (Å²) in [6, 6.07) is 20.8. The maximum Gasteiger partial charge on any atom is 0.227 e. The quantitative estimate of drug-likeness (QED) is 0.644. The highest BCUT2D eigenvalue weighted by atomic mass is 15.3. The van der Waals surface area contributed by atoms with Gasteiger partial charge in [-0.3, -0.25) is 4.90 Å². The molecule has 0 radical (unpaired) electrons. The van der Waals surface area contributed by atoms with Gasteiger partial charge in [-0.25, -0.2) is 4.98 Å². The summed E-state index contributed by atoms with van der Waals surface area (Å²) >= 11 is 0. The second kappa shape index (κ2) is 10.0. The number of rotatable bonds is 7. The molecule has 1 aromatic heterocycles. The van der Waals surface area contributed by atoms with Gasteiger partial charge in [-0.05, 0) is 29.7 Å². The molecule has 2 heterocycles. The molecule has 0 atom stereocenters. The normalized spacial score (nSPS) is 14.9. The Morgan fingerprint density at radius 2 is 1.70 bits per heavy atom. The van der Waals surface area contributed by atoms with E-state index in [1.54, 1.807) is 0 Å². The van der Waals surface area contributed by atoms with Crippen LogP contribution in [0.1, 0.15) is 16.7 Å². The van der Waals surface area contributed by atoms with E-state index in [0.717, 1.165) is 51.0 Å². The van der Waals surface area contributed by atoms with Crippen molar-refractivity contribution < 1.29 is 0 Å². The number of hydrogen-bond donors (Lipinski definition) is 1. The Balaban J connectivity index is 1.28. The molecule has 1 aliphatic heterocycles. The second-order valence-electron chi connectivity index (χ2n) is 7.62. The van der Waals surface area contributed by atoms with Crippen molar-refractivity contribution in [3.63, 3.8) is 0 Å². The SMILES string of the molecule is Cc1ccccc1CNc1ccnc(N2CCN(C/C=C/c3ccccc3)CC2)n1. The van der Waals surface area contributed by atoms with Crippen LogP contribution in [0.25, 0.3) is 6.08 Å². The van der Waals surface area contributed by atoms with Crippen molar-refractivity contribution >= 4 is 17.8 Å². The number of nitrogens with zero attached hydrogens (tertiary/aromatic N) is 4. The average molecular weight is 400 g/mol. The standard InChI is InChI=1S/C25H29N5/c1-21-8-5-6-12-23(21)20-27-24-13-14-26-25(28-24)30-18-16-29(17-19-30)15-7-11-22-9-3-2-4-10-22/h2-14H,15-20H2,1H3,(H,26,27,28)/b11-7+. The van der Waals surface area contributed by atoms with Gasteiger partial charge < -0.3 is 10.2 Å². The molecule has 0 saturated carbocycles. The van der Waals surface area contributed by atoms with E-state index in [2.05, 4.69) is 87.7 Å². The second-order valence-corrected chi connectivity index (χ2v) is 7.62. The van der Waals surface area contributed by atoms with Crippen molar-refractivity contribution in [1.29, 1.82) is 0 Å². The number of aromatic nitrogens is 2. The molecule has 5 nitrogen and oxygen atoms in total. The molecule has 5 heteroatoms. The zero-order valence-corrected chi connectivity index (χ0v) is 17.5. The lowest BCUT2D eigenvalue weighted by molar-refractivity contribution is 0.283. The van der Waals surface area contributed by atoms with Gasteiger partial charge in [-0.1, -0.05) is 66.7 Å². The number of aryl methyl sites for hydroxylation is 1. The van der Waals surface area contributed by atoms with Gasteiger partial charge in [0.05, 0.1) is 0 Å². The molecule has 0 spiro atoms. The molecule has 1 fully saturated rings. The number of nitrogens with one attached hydrogen (secondary N) is 1. The maximum absolute atomic E-state index is 4.74. The minimum absolute atomic E-state index is 0.769. The third-order valence-corrected chi connectivity index (χ3v) is 5.49. The molecule has 30 heavy (non-hydrogen) atoms. The molecule has 154 valence electrons. The van der Waals surface area contributed by atoms with Gasteiger partial charge in [0.1, 0.15) is 5.82 Å². The Kier molecular flexibility index (Phi) is 6.72. The van der Waals surface area contributed by atoms with Crippen molar-refractivity contribution in [1.82, 2.24) is 14.9 Å². The van der Waals surface area contributed by atoms with Crippen LogP contribution in [-0.4, -0.2) is 47.6 Å². The largest absolute Gasteiger partial charge is 0.366 e. The van der Waals surface area contributed by atoms with E-state index in [1.165, 1.54) is 16.7 Å². The van der Waals surface area contributed by atoms with Crippen LogP contribution < -0.4 is 10.2 Å². The van der Waals surface area contributed by atoms with E-state index >= 15 is 0 Å².